The van der Waals surface area contributed by atoms with Crippen LogP contribution in [0.15, 0.2) is 73.0 Å². The van der Waals surface area contributed by atoms with Gasteiger partial charge in [-0.3, -0.25) is 0 Å². The molecule has 0 spiro atoms. The van der Waals surface area contributed by atoms with Gasteiger partial charge in [0.25, 0.3) is 0 Å². The molecule has 2 aliphatic carbocycles. The number of hydrogen-bond donors (Lipinski definition) is 0. The highest BCUT2D eigenvalue weighted by Gasteiger charge is 2.77. The van der Waals surface area contributed by atoms with E-state index in [9.17, 15) is 0 Å². The molecule has 1 aromatic carbocycles. The summed E-state index contributed by atoms with van der Waals surface area (Å²) in [6, 6.07) is 15.6. The first-order valence-electron chi connectivity index (χ1n) is 10.7. The Morgan fingerprint density at radius 1 is 1.07 bits per heavy atom. The molecule has 0 amide bonds. The van der Waals surface area contributed by atoms with Crippen LogP contribution in [0.1, 0.15) is 57.4 Å². The highest BCUT2D eigenvalue weighted by atomic mass is 15.2. The molecule has 1 nitrogen and oxygen atoms in total. The Balaban J connectivity index is 0.000000932. The van der Waals surface area contributed by atoms with Crippen molar-refractivity contribution < 1.29 is 4.57 Å². The van der Waals surface area contributed by atoms with E-state index in [0.717, 1.165) is 6.42 Å². The van der Waals surface area contributed by atoms with Crippen LogP contribution in [0.2, 0.25) is 0 Å². The highest BCUT2D eigenvalue weighted by Crippen LogP contribution is 2.70. The van der Waals surface area contributed by atoms with Crippen LogP contribution in [0, 0.1) is 18.3 Å². The Bertz CT molecular complexity index is 976. The molecule has 144 valence electrons. The zero-order valence-electron chi connectivity index (χ0n) is 17.9. The van der Waals surface area contributed by atoms with Crippen molar-refractivity contribution in [3.05, 3.63) is 89.8 Å². The lowest BCUT2D eigenvalue weighted by molar-refractivity contribution is -0.747. The predicted molar refractivity (Wildman–Crippen MR) is 119 cm³/mol. The molecule has 1 heteroatoms. The summed E-state index contributed by atoms with van der Waals surface area (Å²) in [4.78, 5) is 0. The molecule has 5 rings (SSSR count). The average molecular weight is 371 g/mol. The van der Waals surface area contributed by atoms with E-state index in [1.807, 2.05) is 13.8 Å². The standard InChI is InChI=1S/C25H26N.C2H6/c1-4-14-25-17-24(25,3)26-15-6-5-7-23(26)21-16-20(12-13-22(21)25)19-10-8-18(2)9-11-19;1-2/h4-12,14-16,22H,13,17H2,1-3H3;1-2H3/q+1;. The lowest BCUT2D eigenvalue weighted by Gasteiger charge is -2.35. The smallest absolute Gasteiger partial charge is 0.193 e. The highest BCUT2D eigenvalue weighted by molar-refractivity contribution is 5.86. The second-order valence-corrected chi connectivity index (χ2v) is 8.36. The van der Waals surface area contributed by atoms with Gasteiger partial charge in [-0.15, -0.1) is 0 Å². The van der Waals surface area contributed by atoms with Crippen molar-refractivity contribution in [1.29, 1.82) is 0 Å². The first kappa shape index (κ1) is 18.9. The van der Waals surface area contributed by atoms with Crippen LogP contribution in [0.3, 0.4) is 0 Å². The van der Waals surface area contributed by atoms with E-state index in [1.54, 1.807) is 0 Å². The van der Waals surface area contributed by atoms with Crippen molar-refractivity contribution >= 4 is 11.1 Å². The molecule has 0 radical (unpaired) electrons. The van der Waals surface area contributed by atoms with Gasteiger partial charge in [-0.1, -0.05) is 61.9 Å². The summed E-state index contributed by atoms with van der Waals surface area (Å²) < 4.78 is 2.54. The molecule has 3 aliphatic rings. The molecule has 28 heavy (non-hydrogen) atoms. The van der Waals surface area contributed by atoms with E-state index < -0.39 is 0 Å². The van der Waals surface area contributed by atoms with Crippen molar-refractivity contribution in [2.75, 3.05) is 0 Å². The monoisotopic (exact) mass is 370 g/mol. The number of hydrogen-bond acceptors (Lipinski definition) is 0. The molecular formula is C27H32N+. The first-order chi connectivity index (χ1) is 13.6. The van der Waals surface area contributed by atoms with Crippen LogP contribution >= 0.6 is 0 Å². The van der Waals surface area contributed by atoms with Gasteiger partial charge in [0.2, 0.25) is 5.69 Å². The molecule has 1 saturated carbocycles. The van der Waals surface area contributed by atoms with E-state index in [4.69, 9.17) is 0 Å². The maximum absolute atomic E-state index is 2.54. The number of pyridine rings is 1. The summed E-state index contributed by atoms with van der Waals surface area (Å²) in [6.45, 7) is 10.8. The van der Waals surface area contributed by atoms with Gasteiger partial charge >= 0.3 is 0 Å². The third-order valence-electron chi connectivity index (χ3n) is 6.93. The Labute approximate surface area is 170 Å². The topological polar surface area (TPSA) is 3.88 Å². The third-order valence-corrected chi connectivity index (χ3v) is 6.93. The van der Waals surface area contributed by atoms with Crippen molar-refractivity contribution in [2.45, 2.75) is 53.0 Å². The van der Waals surface area contributed by atoms with Gasteiger partial charge in [0.05, 0.1) is 5.41 Å². The molecule has 0 N–H and O–H groups in total. The second-order valence-electron chi connectivity index (χ2n) is 8.36. The summed E-state index contributed by atoms with van der Waals surface area (Å²) >= 11 is 0. The summed E-state index contributed by atoms with van der Waals surface area (Å²) in [6.07, 6.45) is 14.3. The van der Waals surface area contributed by atoms with E-state index in [1.165, 1.54) is 34.4 Å². The number of rotatable bonds is 2. The Kier molecular flexibility index (Phi) is 4.65. The van der Waals surface area contributed by atoms with Gasteiger partial charge in [0.15, 0.2) is 11.7 Å². The van der Waals surface area contributed by atoms with Gasteiger partial charge in [0, 0.05) is 37.0 Å². The van der Waals surface area contributed by atoms with E-state index in [-0.39, 0.29) is 11.0 Å². The van der Waals surface area contributed by atoms with Crippen LogP contribution in [0.25, 0.3) is 11.1 Å². The quantitative estimate of drug-likeness (QED) is 0.420. The SMILES string of the molecule is CC.CC=CC12CC1(C)[n+]1ccccc1C1=CC(c3ccc(C)cc3)=CCC12. The van der Waals surface area contributed by atoms with Crippen LogP contribution in [0.4, 0.5) is 0 Å². The van der Waals surface area contributed by atoms with Gasteiger partial charge in [-0.05, 0) is 43.5 Å². The van der Waals surface area contributed by atoms with Gasteiger partial charge in [0.1, 0.15) is 0 Å². The van der Waals surface area contributed by atoms with E-state index in [0.29, 0.717) is 5.92 Å². The van der Waals surface area contributed by atoms with E-state index >= 15 is 0 Å². The zero-order chi connectivity index (χ0) is 19.9. The number of aromatic nitrogens is 1. The Morgan fingerprint density at radius 2 is 1.82 bits per heavy atom. The first-order valence-corrected chi connectivity index (χ1v) is 10.7. The van der Waals surface area contributed by atoms with Gasteiger partial charge < -0.3 is 0 Å². The molecule has 2 aromatic rings. The number of aryl methyl sites for hydroxylation is 1. The van der Waals surface area contributed by atoms with E-state index in [2.05, 4.69) is 98.3 Å². The fourth-order valence-electron chi connectivity index (χ4n) is 5.48. The van der Waals surface area contributed by atoms with Crippen LogP contribution < -0.4 is 4.57 Å². The molecule has 1 aliphatic heterocycles. The van der Waals surface area contributed by atoms with Gasteiger partial charge in [-0.25, -0.2) is 0 Å². The van der Waals surface area contributed by atoms with Crippen molar-refractivity contribution in [1.82, 2.24) is 0 Å². The lowest BCUT2D eigenvalue weighted by Crippen LogP contribution is -2.55. The normalized spacial score (nSPS) is 29.5. The summed E-state index contributed by atoms with van der Waals surface area (Å²) in [5.74, 6) is 0.584. The molecule has 3 atom stereocenters. The summed E-state index contributed by atoms with van der Waals surface area (Å²) in [5.41, 5.74) is 7.40. The van der Waals surface area contributed by atoms with Crippen LogP contribution in [-0.2, 0) is 5.54 Å². The number of nitrogens with zero attached hydrogens (tertiary/aromatic N) is 1. The summed E-state index contributed by atoms with van der Waals surface area (Å²) in [7, 11) is 0. The molecular weight excluding hydrogens is 338 g/mol. The van der Waals surface area contributed by atoms with Crippen molar-refractivity contribution in [2.24, 2.45) is 11.3 Å². The molecule has 1 fully saturated rings. The second kappa shape index (κ2) is 6.88. The maximum Gasteiger partial charge on any atom is 0.209 e. The fraction of sp³-hybridized carbons (Fsp3) is 0.370. The number of allylic oxidation sites excluding steroid dienone is 6. The Hall–Kier alpha value is -2.41. The molecule has 0 saturated heterocycles. The van der Waals surface area contributed by atoms with Crippen molar-refractivity contribution in [3.8, 4) is 0 Å². The zero-order valence-corrected chi connectivity index (χ0v) is 17.9. The minimum atomic E-state index is 0.216. The predicted octanol–water partition coefficient (Wildman–Crippen LogP) is 6.49. The van der Waals surface area contributed by atoms with Crippen LogP contribution in [0.5, 0.6) is 0 Å². The Morgan fingerprint density at radius 3 is 2.54 bits per heavy atom. The average Bonchev–Trinajstić information content (AvgIpc) is 3.37. The summed E-state index contributed by atoms with van der Waals surface area (Å²) in [5, 5.41) is 0. The third kappa shape index (κ3) is 2.56. The number of benzene rings is 1. The lowest BCUT2D eigenvalue weighted by atomic mass is 9.70. The largest absolute Gasteiger partial charge is 0.209 e. The maximum atomic E-state index is 2.54. The minimum absolute atomic E-state index is 0.216. The molecule has 0 bridgehead atoms. The fourth-order valence-corrected chi connectivity index (χ4v) is 5.48. The van der Waals surface area contributed by atoms with Crippen LogP contribution in [-0.4, -0.2) is 0 Å². The molecule has 1 aromatic heterocycles. The van der Waals surface area contributed by atoms with Crippen molar-refractivity contribution in [3.63, 3.8) is 0 Å². The van der Waals surface area contributed by atoms with Gasteiger partial charge in [-0.2, -0.15) is 4.57 Å². The number of fused-ring (bicyclic) bond motifs is 6. The molecule has 3 unspecified atom stereocenters. The minimum Gasteiger partial charge on any atom is -0.193 e. The molecule has 2 heterocycles.